The number of hydrogen-bond acceptors (Lipinski definition) is 5. The van der Waals surface area contributed by atoms with E-state index in [1.807, 2.05) is 0 Å². The Morgan fingerprint density at radius 2 is 2.08 bits per heavy atom. The van der Waals surface area contributed by atoms with Crippen molar-refractivity contribution in [2.45, 2.75) is 13.8 Å². The van der Waals surface area contributed by atoms with Gasteiger partial charge >= 0.3 is 11.9 Å². The van der Waals surface area contributed by atoms with E-state index in [-0.39, 0.29) is 5.11 Å². The second-order valence-electron chi connectivity index (χ2n) is 1.95. The van der Waals surface area contributed by atoms with Crippen molar-refractivity contribution < 1.29 is 19.3 Å². The summed E-state index contributed by atoms with van der Waals surface area (Å²) in [5, 5.41) is 3.15. The van der Waals surface area contributed by atoms with Crippen LogP contribution < -0.4 is 11.2 Å². The lowest BCUT2D eigenvalue weighted by atomic mass is 10.8. The van der Waals surface area contributed by atoms with Crippen LogP contribution in [0.15, 0.2) is 5.22 Å². The molecule has 3 N–H and O–H groups in total. The number of carbonyl (C=O) groups is 2. The minimum absolute atomic E-state index is 0.140. The molecule has 13 heavy (non-hydrogen) atoms. The normalized spacial score (nSPS) is 10.5. The molecule has 0 fully saturated rings. The smallest absolute Gasteiger partial charge is 0.355 e. The number of hydroxylamine groups is 1. The van der Waals surface area contributed by atoms with Gasteiger partial charge in [-0.25, -0.2) is 14.4 Å². The van der Waals surface area contributed by atoms with Gasteiger partial charge in [-0.2, -0.15) is 0 Å². The summed E-state index contributed by atoms with van der Waals surface area (Å²) in [5.74, 6) is -1.26. The molecule has 8 heteroatoms. The van der Waals surface area contributed by atoms with E-state index in [2.05, 4.69) is 27.7 Å². The average Bonchev–Trinajstić information content (AvgIpc) is 1.96. The molecule has 0 rings (SSSR count). The number of hydrogen-bond donors (Lipinski definition) is 2. The van der Waals surface area contributed by atoms with Crippen molar-refractivity contribution in [2.24, 2.45) is 11.0 Å². The second kappa shape index (κ2) is 5.14. The fourth-order valence-corrected chi connectivity index (χ4v) is 0.412. The predicted octanol–water partition coefficient (Wildman–Crippen LogP) is -0.776. The van der Waals surface area contributed by atoms with E-state index in [1.54, 1.807) is 0 Å². The zero-order valence-electron chi connectivity index (χ0n) is 7.10. The van der Waals surface area contributed by atoms with Gasteiger partial charge in [0.2, 0.25) is 0 Å². The zero-order chi connectivity index (χ0) is 10.4. The first-order valence-corrected chi connectivity index (χ1v) is 3.59. The van der Waals surface area contributed by atoms with Gasteiger partial charge in [-0.05, 0) is 12.2 Å². The number of thiocarbonyl (C=S) groups is 1. The van der Waals surface area contributed by atoms with Crippen LogP contribution >= 0.6 is 12.2 Å². The highest BCUT2D eigenvalue weighted by atomic mass is 32.1. The highest BCUT2D eigenvalue weighted by Gasteiger charge is 2.13. The van der Waals surface area contributed by atoms with E-state index >= 15 is 0 Å². The minimum atomic E-state index is -0.677. The summed E-state index contributed by atoms with van der Waals surface area (Å²) < 4.78 is 0. The van der Waals surface area contributed by atoms with Crippen LogP contribution in [0.1, 0.15) is 13.8 Å². The lowest BCUT2D eigenvalue weighted by molar-refractivity contribution is -0.744. The molecule has 0 spiro atoms. The molecule has 0 saturated heterocycles. The first-order chi connectivity index (χ1) is 5.93. The number of nitrogens with two attached hydrogens (primary N) is 1. The van der Waals surface area contributed by atoms with Crippen LogP contribution in [0.3, 0.4) is 0 Å². The molecular weight excluding hydrogens is 196 g/mol. The summed E-state index contributed by atoms with van der Waals surface area (Å²) in [6.45, 7) is 2.29. The molecule has 0 aromatic heterocycles. The highest BCUT2D eigenvalue weighted by Crippen LogP contribution is 1.83. The Labute approximate surface area is 79.5 Å². The van der Waals surface area contributed by atoms with Gasteiger partial charge in [0.25, 0.3) is 5.11 Å². The van der Waals surface area contributed by atoms with Gasteiger partial charge < -0.3 is 5.73 Å². The molecule has 1 amide bonds. The van der Waals surface area contributed by atoms with E-state index in [4.69, 9.17) is 5.73 Å². The molecule has 0 atom stereocenters. The van der Waals surface area contributed by atoms with Crippen molar-refractivity contribution >= 4 is 29.2 Å². The Morgan fingerprint density at radius 1 is 1.54 bits per heavy atom. The SMILES string of the molecule is CC(=O)O[N+](=NNC(N)=S)C(C)=O. The van der Waals surface area contributed by atoms with E-state index in [9.17, 15) is 9.59 Å². The van der Waals surface area contributed by atoms with Gasteiger partial charge in [0.15, 0.2) is 0 Å². The third-order valence-corrected chi connectivity index (χ3v) is 0.827. The van der Waals surface area contributed by atoms with Crippen molar-refractivity contribution in [3.8, 4) is 0 Å². The molecule has 0 saturated carbocycles. The maximum Gasteiger partial charge on any atom is 0.371 e. The van der Waals surface area contributed by atoms with Crippen LogP contribution in [-0.2, 0) is 14.4 Å². The lowest BCUT2D eigenvalue weighted by Gasteiger charge is -1.94. The van der Waals surface area contributed by atoms with Gasteiger partial charge in [-0.15, -0.1) is 5.43 Å². The summed E-state index contributed by atoms with van der Waals surface area (Å²) in [6.07, 6.45) is 0. The largest absolute Gasteiger partial charge is 0.371 e. The third kappa shape index (κ3) is 5.67. The van der Waals surface area contributed by atoms with Crippen molar-refractivity contribution in [3.05, 3.63) is 0 Å². The fourth-order valence-electron chi connectivity index (χ4n) is 0.372. The summed E-state index contributed by atoms with van der Waals surface area (Å²) >= 11 is 4.41. The average molecular weight is 205 g/mol. The summed E-state index contributed by atoms with van der Waals surface area (Å²) in [4.78, 5) is 26.0. The third-order valence-electron chi connectivity index (χ3n) is 0.735. The molecule has 0 aromatic carbocycles. The van der Waals surface area contributed by atoms with Crippen LogP contribution in [-0.4, -0.2) is 21.8 Å². The number of nitrogens with zero attached hydrogens (tertiary/aromatic N) is 2. The maximum atomic E-state index is 10.7. The van der Waals surface area contributed by atoms with E-state index in [1.165, 1.54) is 0 Å². The molecule has 0 radical (unpaired) electrons. The van der Waals surface area contributed by atoms with Crippen LogP contribution in [0.4, 0.5) is 0 Å². The Balaban J connectivity index is 4.41. The predicted molar refractivity (Wildman–Crippen MR) is 45.1 cm³/mol. The van der Waals surface area contributed by atoms with Gasteiger partial charge in [-0.3, -0.25) is 0 Å². The first-order valence-electron chi connectivity index (χ1n) is 3.18. The molecule has 0 aliphatic rings. The summed E-state index contributed by atoms with van der Waals surface area (Å²) in [7, 11) is 0. The van der Waals surface area contributed by atoms with Crippen LogP contribution in [0.5, 0.6) is 0 Å². The van der Waals surface area contributed by atoms with Gasteiger partial charge in [0.1, 0.15) is 10.1 Å². The maximum absolute atomic E-state index is 10.7. The highest BCUT2D eigenvalue weighted by molar-refractivity contribution is 7.80. The van der Waals surface area contributed by atoms with Crippen LogP contribution in [0, 0.1) is 0 Å². The quantitative estimate of drug-likeness (QED) is 0.252. The Hall–Kier alpha value is -1.57. The Morgan fingerprint density at radius 3 is 2.38 bits per heavy atom. The van der Waals surface area contributed by atoms with E-state index < -0.39 is 11.9 Å². The molecular formula is C5H9N4O3S+. The summed E-state index contributed by atoms with van der Waals surface area (Å²) in [5.41, 5.74) is 7.11. The molecule has 0 unspecified atom stereocenters. The Bertz CT molecular complexity index is 275. The Kier molecular flexibility index (Phi) is 4.52. The van der Waals surface area contributed by atoms with Crippen molar-refractivity contribution in [1.29, 1.82) is 0 Å². The number of rotatable bonds is 1. The topological polar surface area (TPSA) is 96.8 Å². The number of carbonyl (C=O) groups excluding carboxylic acids is 2. The number of amides is 1. The zero-order valence-corrected chi connectivity index (χ0v) is 7.92. The van der Waals surface area contributed by atoms with Crippen molar-refractivity contribution in [1.82, 2.24) is 5.43 Å². The van der Waals surface area contributed by atoms with E-state index in [0.29, 0.717) is 4.86 Å². The standard InChI is InChI=1S/C5H8N4O3S/c1-3(10)9(12-4(2)11)8-7-5(6)13/h1-2H3,(H2,6,13)/p+1. The number of nitrogens with one attached hydrogen (secondary N) is 1. The van der Waals surface area contributed by atoms with Crippen molar-refractivity contribution in [2.75, 3.05) is 0 Å². The van der Waals surface area contributed by atoms with Gasteiger partial charge in [-0.1, -0.05) is 0 Å². The van der Waals surface area contributed by atoms with Crippen molar-refractivity contribution in [3.63, 3.8) is 0 Å². The fraction of sp³-hybridized carbons (Fsp3) is 0.400. The first kappa shape index (κ1) is 11.4. The molecule has 0 aliphatic carbocycles. The summed E-state index contributed by atoms with van der Waals surface area (Å²) in [6, 6.07) is 0. The van der Waals surface area contributed by atoms with E-state index in [0.717, 1.165) is 13.8 Å². The van der Waals surface area contributed by atoms with Crippen LogP contribution in [0.25, 0.3) is 0 Å². The minimum Gasteiger partial charge on any atom is -0.355 e. The monoisotopic (exact) mass is 205 g/mol. The molecule has 72 valence electrons. The van der Waals surface area contributed by atoms with Gasteiger partial charge in [0.05, 0.1) is 0 Å². The second-order valence-corrected chi connectivity index (χ2v) is 2.39. The molecule has 0 aliphatic heterocycles. The van der Waals surface area contributed by atoms with Crippen LogP contribution in [0.2, 0.25) is 0 Å². The lowest BCUT2D eigenvalue weighted by Crippen LogP contribution is -2.29. The molecule has 7 nitrogen and oxygen atoms in total. The van der Waals surface area contributed by atoms with Gasteiger partial charge in [0, 0.05) is 13.8 Å². The molecule has 0 aromatic rings. The molecule has 0 bridgehead atoms. The molecule has 0 heterocycles.